The molecule has 5 nitrogen and oxygen atoms in total. The maximum atomic E-state index is 10.8. The summed E-state index contributed by atoms with van der Waals surface area (Å²) in [4.78, 5) is 11.5. The number of likely N-dealkylation sites (tertiary alicyclic amines) is 1. The normalized spacial score (nSPS) is 33.8. The Kier molecular flexibility index (Phi) is 5.38. The molecular weight excluding hydrogens is 374 g/mol. The van der Waals surface area contributed by atoms with Gasteiger partial charge in [-0.05, 0) is 81.5 Å². The first-order valence-electron chi connectivity index (χ1n) is 11.5. The molecule has 2 aromatic heterocycles. The van der Waals surface area contributed by atoms with Gasteiger partial charge < -0.3 is 9.84 Å². The zero-order valence-corrected chi connectivity index (χ0v) is 18.1. The Morgan fingerprint density at radius 3 is 3.00 bits per heavy atom. The Morgan fingerprint density at radius 1 is 1.20 bits per heavy atom. The molecule has 0 radical (unpaired) electrons. The second-order valence-corrected chi connectivity index (χ2v) is 9.74. The summed E-state index contributed by atoms with van der Waals surface area (Å²) >= 11 is 0. The van der Waals surface area contributed by atoms with Crippen molar-refractivity contribution in [3.05, 3.63) is 59.2 Å². The van der Waals surface area contributed by atoms with Crippen molar-refractivity contribution < 1.29 is 9.84 Å². The number of hydrogen-bond donors (Lipinski definition) is 1. The number of ether oxygens (including phenoxy) is 1. The molecule has 0 saturated carbocycles. The van der Waals surface area contributed by atoms with Crippen LogP contribution >= 0.6 is 0 Å². The molecule has 4 heterocycles. The maximum absolute atomic E-state index is 10.8. The zero-order chi connectivity index (χ0) is 20.7. The van der Waals surface area contributed by atoms with Crippen LogP contribution in [0.5, 0.6) is 0 Å². The van der Waals surface area contributed by atoms with Gasteiger partial charge in [-0.3, -0.25) is 14.9 Å². The van der Waals surface area contributed by atoms with Crippen LogP contribution in [0.1, 0.15) is 74.4 Å². The van der Waals surface area contributed by atoms with Crippen LogP contribution in [0.4, 0.5) is 0 Å². The Hall–Kier alpha value is -1.82. The van der Waals surface area contributed by atoms with Crippen LogP contribution in [0.15, 0.2) is 36.8 Å². The van der Waals surface area contributed by atoms with Crippen LogP contribution in [0, 0.1) is 5.92 Å². The fraction of sp³-hybridized carbons (Fsp3) is 0.600. The molecule has 1 aliphatic carbocycles. The van der Waals surface area contributed by atoms with Crippen LogP contribution in [0.2, 0.25) is 0 Å². The number of aryl methyl sites for hydroxylation is 1. The minimum Gasteiger partial charge on any atom is -0.387 e. The van der Waals surface area contributed by atoms with Crippen LogP contribution in [0.25, 0.3) is 0 Å². The van der Waals surface area contributed by atoms with Gasteiger partial charge in [-0.2, -0.15) is 0 Å². The summed E-state index contributed by atoms with van der Waals surface area (Å²) < 4.78 is 6.31. The molecule has 0 bridgehead atoms. The smallest absolute Gasteiger partial charge is 0.0965 e. The third-order valence-corrected chi connectivity index (χ3v) is 7.69. The SMILES string of the molecule is CC1CCC(CC2(C)OCc3ccncc32)N1C[C@@H]1CCc2cccnc2C(O)C1. The third kappa shape index (κ3) is 3.68. The average Bonchev–Trinajstić information content (AvgIpc) is 3.21. The molecule has 5 rings (SSSR count). The summed E-state index contributed by atoms with van der Waals surface area (Å²) in [6, 6.07) is 7.29. The first kappa shape index (κ1) is 20.1. The van der Waals surface area contributed by atoms with E-state index in [2.05, 4.69) is 40.8 Å². The lowest BCUT2D eigenvalue weighted by Crippen LogP contribution is -2.42. The van der Waals surface area contributed by atoms with Gasteiger partial charge in [-0.1, -0.05) is 6.07 Å². The molecule has 3 aliphatic rings. The number of hydrogen-bond acceptors (Lipinski definition) is 5. The second-order valence-electron chi connectivity index (χ2n) is 9.74. The molecule has 160 valence electrons. The summed E-state index contributed by atoms with van der Waals surface area (Å²) in [5.41, 5.74) is 4.40. The van der Waals surface area contributed by atoms with Gasteiger partial charge in [0, 0.05) is 42.8 Å². The van der Waals surface area contributed by atoms with Gasteiger partial charge in [0.05, 0.1) is 24.0 Å². The number of aliphatic hydroxyl groups is 1. The van der Waals surface area contributed by atoms with Gasteiger partial charge in [0.1, 0.15) is 0 Å². The van der Waals surface area contributed by atoms with Crippen molar-refractivity contribution in [1.82, 2.24) is 14.9 Å². The van der Waals surface area contributed by atoms with E-state index in [4.69, 9.17) is 4.74 Å². The zero-order valence-electron chi connectivity index (χ0n) is 18.1. The highest BCUT2D eigenvalue weighted by Crippen LogP contribution is 2.43. The van der Waals surface area contributed by atoms with Crippen molar-refractivity contribution in [2.24, 2.45) is 5.92 Å². The van der Waals surface area contributed by atoms with Crippen LogP contribution in [-0.2, 0) is 23.4 Å². The standard InChI is InChI=1S/C25H33N3O2/c1-17-5-8-21(13-25(2)22-14-26-11-9-20(22)16-30-25)28(17)15-18-6-7-19-4-3-10-27-24(19)23(29)12-18/h3-4,9-11,14,17-18,21,23,29H,5-8,12-13,15-16H2,1-2H3/t17?,18-,21?,23?,25?/m1/s1. The van der Waals surface area contributed by atoms with E-state index in [0.717, 1.165) is 37.9 Å². The van der Waals surface area contributed by atoms with Crippen molar-refractivity contribution in [2.45, 2.75) is 82.8 Å². The minimum atomic E-state index is -0.446. The Labute approximate surface area is 179 Å². The van der Waals surface area contributed by atoms with Crippen molar-refractivity contribution in [3.8, 4) is 0 Å². The molecule has 5 atom stereocenters. The molecule has 30 heavy (non-hydrogen) atoms. The molecule has 1 N–H and O–H groups in total. The number of fused-ring (bicyclic) bond motifs is 2. The van der Waals surface area contributed by atoms with Gasteiger partial charge in [0.25, 0.3) is 0 Å². The number of nitrogens with zero attached hydrogens (tertiary/aromatic N) is 3. The third-order valence-electron chi connectivity index (χ3n) is 7.69. The maximum Gasteiger partial charge on any atom is 0.0965 e. The van der Waals surface area contributed by atoms with E-state index in [1.165, 1.54) is 29.5 Å². The van der Waals surface area contributed by atoms with E-state index < -0.39 is 6.10 Å². The van der Waals surface area contributed by atoms with Crippen LogP contribution in [-0.4, -0.2) is 38.6 Å². The molecule has 0 spiro atoms. The van der Waals surface area contributed by atoms with Crippen molar-refractivity contribution in [2.75, 3.05) is 6.54 Å². The molecule has 2 aromatic rings. The van der Waals surface area contributed by atoms with E-state index >= 15 is 0 Å². The lowest BCUT2D eigenvalue weighted by Gasteiger charge is -2.36. The van der Waals surface area contributed by atoms with Gasteiger partial charge >= 0.3 is 0 Å². The molecule has 0 amide bonds. The largest absolute Gasteiger partial charge is 0.387 e. The summed E-state index contributed by atoms with van der Waals surface area (Å²) in [6.45, 7) is 6.33. The Balaban J connectivity index is 1.30. The minimum absolute atomic E-state index is 0.250. The first-order chi connectivity index (χ1) is 14.5. The van der Waals surface area contributed by atoms with Gasteiger partial charge in [0.15, 0.2) is 0 Å². The average molecular weight is 408 g/mol. The van der Waals surface area contributed by atoms with E-state index in [0.29, 0.717) is 24.6 Å². The van der Waals surface area contributed by atoms with Crippen LogP contribution in [0.3, 0.4) is 0 Å². The summed E-state index contributed by atoms with van der Waals surface area (Å²) in [5, 5.41) is 10.8. The van der Waals surface area contributed by atoms with E-state index in [1.54, 1.807) is 6.20 Å². The van der Waals surface area contributed by atoms with Gasteiger partial charge in [-0.25, -0.2) is 0 Å². The van der Waals surface area contributed by atoms with E-state index in [-0.39, 0.29) is 5.60 Å². The molecular formula is C25H33N3O2. The fourth-order valence-corrected chi connectivity index (χ4v) is 5.96. The van der Waals surface area contributed by atoms with Crippen molar-refractivity contribution in [3.63, 3.8) is 0 Å². The molecule has 2 aliphatic heterocycles. The van der Waals surface area contributed by atoms with Crippen molar-refractivity contribution >= 4 is 0 Å². The fourth-order valence-electron chi connectivity index (χ4n) is 5.96. The van der Waals surface area contributed by atoms with Gasteiger partial charge in [-0.15, -0.1) is 0 Å². The summed E-state index contributed by atoms with van der Waals surface area (Å²) in [6.07, 6.45) is 11.6. The molecule has 0 aromatic carbocycles. The first-order valence-corrected chi connectivity index (χ1v) is 11.5. The Bertz CT molecular complexity index is 903. The number of aliphatic hydroxyl groups excluding tert-OH is 1. The van der Waals surface area contributed by atoms with E-state index in [9.17, 15) is 5.11 Å². The highest BCUT2D eigenvalue weighted by atomic mass is 16.5. The number of rotatable bonds is 4. The number of aromatic nitrogens is 2. The summed E-state index contributed by atoms with van der Waals surface area (Å²) in [5.74, 6) is 0.489. The number of pyridine rings is 2. The van der Waals surface area contributed by atoms with Crippen molar-refractivity contribution in [1.29, 1.82) is 0 Å². The quantitative estimate of drug-likeness (QED) is 0.772. The lowest BCUT2D eigenvalue weighted by atomic mass is 9.88. The molecule has 4 unspecified atom stereocenters. The molecule has 1 fully saturated rings. The second kappa shape index (κ2) is 8.03. The molecule has 5 heteroatoms. The lowest BCUT2D eigenvalue weighted by molar-refractivity contribution is -0.0472. The monoisotopic (exact) mass is 407 g/mol. The highest BCUT2D eigenvalue weighted by molar-refractivity contribution is 5.32. The van der Waals surface area contributed by atoms with E-state index in [1.807, 2.05) is 18.5 Å². The van der Waals surface area contributed by atoms with Crippen LogP contribution < -0.4 is 0 Å². The Morgan fingerprint density at radius 2 is 2.10 bits per heavy atom. The van der Waals surface area contributed by atoms with Gasteiger partial charge in [0.2, 0.25) is 0 Å². The predicted octanol–water partition coefficient (Wildman–Crippen LogP) is 4.15. The predicted molar refractivity (Wildman–Crippen MR) is 116 cm³/mol. The highest BCUT2D eigenvalue weighted by Gasteiger charge is 2.42. The molecule has 1 saturated heterocycles. The topological polar surface area (TPSA) is 58.5 Å². The summed E-state index contributed by atoms with van der Waals surface area (Å²) in [7, 11) is 0.